The van der Waals surface area contributed by atoms with Gasteiger partial charge < -0.3 is 5.32 Å². The number of hydrogen-bond donors (Lipinski definition) is 1. The van der Waals surface area contributed by atoms with Crippen LogP contribution in [0.25, 0.3) is 0 Å². The summed E-state index contributed by atoms with van der Waals surface area (Å²) < 4.78 is 1.47. The summed E-state index contributed by atoms with van der Waals surface area (Å²) in [7, 11) is 0. The van der Waals surface area contributed by atoms with Crippen molar-refractivity contribution in [3.63, 3.8) is 0 Å². The van der Waals surface area contributed by atoms with E-state index in [1.165, 1.54) is 23.6 Å². The molecule has 2 rings (SSSR count). The van der Waals surface area contributed by atoms with Gasteiger partial charge in [0.2, 0.25) is 0 Å². The molecule has 1 saturated carbocycles. The normalized spacial score (nSPS) is 15.1. The molecular formula is C11H14ClN3O. The van der Waals surface area contributed by atoms with Gasteiger partial charge in [0, 0.05) is 25.3 Å². The van der Waals surface area contributed by atoms with Crippen LogP contribution in [0.4, 0.5) is 0 Å². The first-order valence-corrected chi connectivity index (χ1v) is 5.65. The largest absolute Gasteiger partial charge is 0.347 e. The highest BCUT2D eigenvalue weighted by atomic mass is 35.5. The predicted octanol–water partition coefficient (Wildman–Crippen LogP) is 1.20. The van der Waals surface area contributed by atoms with E-state index in [1.807, 2.05) is 0 Å². The first kappa shape index (κ1) is 11.4. The highest BCUT2D eigenvalue weighted by molar-refractivity contribution is 6.30. The molecule has 0 spiro atoms. The van der Waals surface area contributed by atoms with Gasteiger partial charge in [-0.15, -0.1) is 0 Å². The van der Waals surface area contributed by atoms with Gasteiger partial charge in [-0.05, 0) is 18.4 Å². The maximum atomic E-state index is 11.4. The molecule has 0 atom stereocenters. The molecule has 4 nitrogen and oxygen atoms in total. The highest BCUT2D eigenvalue weighted by Gasteiger charge is 2.20. The van der Waals surface area contributed by atoms with Gasteiger partial charge in [-0.3, -0.25) is 4.57 Å². The lowest BCUT2D eigenvalue weighted by Crippen LogP contribution is -2.26. The zero-order valence-corrected chi connectivity index (χ0v) is 9.70. The highest BCUT2D eigenvalue weighted by Crippen LogP contribution is 2.18. The van der Waals surface area contributed by atoms with Crippen molar-refractivity contribution in [2.75, 3.05) is 6.54 Å². The molecule has 0 radical (unpaired) electrons. The Morgan fingerprint density at radius 1 is 1.69 bits per heavy atom. The molecule has 1 aromatic rings. The minimum atomic E-state index is -0.294. The van der Waals surface area contributed by atoms with Crippen LogP contribution < -0.4 is 11.0 Å². The molecule has 0 aliphatic heterocycles. The average molecular weight is 240 g/mol. The average Bonchev–Trinajstić information content (AvgIpc) is 3.04. The zero-order valence-electron chi connectivity index (χ0n) is 8.95. The van der Waals surface area contributed by atoms with E-state index in [4.69, 9.17) is 11.6 Å². The Balaban J connectivity index is 1.93. The van der Waals surface area contributed by atoms with Gasteiger partial charge in [0.25, 0.3) is 0 Å². The van der Waals surface area contributed by atoms with Crippen molar-refractivity contribution >= 4 is 11.6 Å². The van der Waals surface area contributed by atoms with E-state index in [1.54, 1.807) is 6.20 Å². The second-order valence-electron chi connectivity index (χ2n) is 4.09. The van der Waals surface area contributed by atoms with E-state index in [9.17, 15) is 4.79 Å². The molecule has 5 heteroatoms. The minimum absolute atomic E-state index is 0.294. The topological polar surface area (TPSA) is 46.9 Å². The summed E-state index contributed by atoms with van der Waals surface area (Å²) >= 11 is 5.77. The van der Waals surface area contributed by atoms with Crippen molar-refractivity contribution in [1.29, 1.82) is 0 Å². The molecule has 0 unspecified atom stereocenters. The molecule has 1 fully saturated rings. The fourth-order valence-electron chi connectivity index (χ4n) is 1.41. The van der Waals surface area contributed by atoms with Crippen LogP contribution in [-0.4, -0.2) is 22.1 Å². The minimum Gasteiger partial charge on any atom is -0.310 e. The summed E-state index contributed by atoms with van der Waals surface area (Å²) in [6.07, 6.45) is 5.42. The van der Waals surface area contributed by atoms with Crippen LogP contribution in [0, 0.1) is 0 Å². The first-order chi connectivity index (χ1) is 7.65. The number of halogens is 1. The SMILES string of the molecule is C=C(CNC1CC1)Cn1cc(Cl)cnc1=O. The smallest absolute Gasteiger partial charge is 0.310 e. The Bertz CT molecular complexity index is 451. The predicted molar refractivity (Wildman–Crippen MR) is 63.7 cm³/mol. The Kier molecular flexibility index (Phi) is 3.41. The summed E-state index contributed by atoms with van der Waals surface area (Å²) in [5, 5.41) is 3.80. The second kappa shape index (κ2) is 4.80. The van der Waals surface area contributed by atoms with Gasteiger partial charge in [-0.25, -0.2) is 9.78 Å². The number of hydrogen-bond acceptors (Lipinski definition) is 3. The van der Waals surface area contributed by atoms with Crippen molar-refractivity contribution in [3.05, 3.63) is 40.1 Å². The molecule has 0 amide bonds. The number of aromatic nitrogens is 2. The Labute approximate surface area is 99.0 Å². The third kappa shape index (κ3) is 3.18. The molecule has 1 aliphatic carbocycles. The summed E-state index contributed by atoms with van der Waals surface area (Å²) in [4.78, 5) is 15.0. The Hall–Kier alpha value is -1.13. The summed E-state index contributed by atoms with van der Waals surface area (Å²) in [5.74, 6) is 0. The lowest BCUT2D eigenvalue weighted by Gasteiger charge is -2.08. The Morgan fingerprint density at radius 3 is 3.12 bits per heavy atom. The standard InChI is InChI=1S/C11H14ClN3O/c1-8(4-13-10-2-3-10)6-15-7-9(12)5-14-11(15)16/h5,7,10,13H,1-4,6H2. The molecular weight excluding hydrogens is 226 g/mol. The van der Waals surface area contributed by atoms with Crippen molar-refractivity contribution in [3.8, 4) is 0 Å². The van der Waals surface area contributed by atoms with Crippen molar-refractivity contribution in [2.45, 2.75) is 25.4 Å². The monoisotopic (exact) mass is 239 g/mol. The summed E-state index contributed by atoms with van der Waals surface area (Å²) in [6, 6.07) is 0.644. The lowest BCUT2D eigenvalue weighted by molar-refractivity contribution is 0.659. The van der Waals surface area contributed by atoms with E-state index in [2.05, 4.69) is 16.9 Å². The fraction of sp³-hybridized carbons (Fsp3) is 0.455. The van der Waals surface area contributed by atoms with Crippen molar-refractivity contribution in [1.82, 2.24) is 14.9 Å². The molecule has 1 aromatic heterocycles. The van der Waals surface area contributed by atoms with Crippen LogP contribution in [0.2, 0.25) is 5.02 Å². The Morgan fingerprint density at radius 2 is 2.44 bits per heavy atom. The van der Waals surface area contributed by atoms with E-state index in [-0.39, 0.29) is 5.69 Å². The molecule has 16 heavy (non-hydrogen) atoms. The lowest BCUT2D eigenvalue weighted by atomic mass is 10.3. The van der Waals surface area contributed by atoms with Crippen molar-refractivity contribution < 1.29 is 0 Å². The molecule has 0 aromatic carbocycles. The molecule has 0 bridgehead atoms. The molecule has 0 saturated heterocycles. The summed E-state index contributed by atoms with van der Waals surface area (Å²) in [6.45, 7) is 5.13. The van der Waals surface area contributed by atoms with E-state index >= 15 is 0 Å². The summed E-state index contributed by atoms with van der Waals surface area (Å²) in [5.41, 5.74) is 0.662. The molecule has 1 heterocycles. The third-order valence-corrected chi connectivity index (χ3v) is 2.63. The van der Waals surface area contributed by atoms with E-state index < -0.39 is 0 Å². The van der Waals surface area contributed by atoms with Crippen LogP contribution in [0.1, 0.15) is 12.8 Å². The van der Waals surface area contributed by atoms with Gasteiger partial charge >= 0.3 is 5.69 Å². The molecule has 1 aliphatic rings. The number of nitrogens with one attached hydrogen (secondary N) is 1. The third-order valence-electron chi connectivity index (χ3n) is 2.44. The molecule has 1 N–H and O–H groups in total. The van der Waals surface area contributed by atoms with Crippen LogP contribution >= 0.6 is 11.6 Å². The van der Waals surface area contributed by atoms with E-state index in [0.29, 0.717) is 17.6 Å². The van der Waals surface area contributed by atoms with Crippen LogP contribution in [0.15, 0.2) is 29.3 Å². The molecule has 86 valence electrons. The van der Waals surface area contributed by atoms with Gasteiger partial charge in [-0.1, -0.05) is 18.2 Å². The maximum Gasteiger partial charge on any atom is 0.347 e. The van der Waals surface area contributed by atoms with Crippen LogP contribution in [0.5, 0.6) is 0 Å². The maximum absolute atomic E-state index is 11.4. The van der Waals surface area contributed by atoms with Gasteiger partial charge in [0.05, 0.1) is 11.2 Å². The quantitative estimate of drug-likeness (QED) is 0.786. The zero-order chi connectivity index (χ0) is 11.5. The second-order valence-corrected chi connectivity index (χ2v) is 4.52. The number of rotatable bonds is 5. The fourth-order valence-corrected chi connectivity index (χ4v) is 1.58. The van der Waals surface area contributed by atoms with Crippen LogP contribution in [-0.2, 0) is 6.54 Å². The van der Waals surface area contributed by atoms with Crippen LogP contribution in [0.3, 0.4) is 0 Å². The van der Waals surface area contributed by atoms with E-state index in [0.717, 1.165) is 12.1 Å². The van der Waals surface area contributed by atoms with Gasteiger partial charge in [0.15, 0.2) is 0 Å². The van der Waals surface area contributed by atoms with Gasteiger partial charge in [-0.2, -0.15) is 0 Å². The first-order valence-electron chi connectivity index (χ1n) is 5.27. The van der Waals surface area contributed by atoms with Crippen molar-refractivity contribution in [2.24, 2.45) is 0 Å². The van der Waals surface area contributed by atoms with Gasteiger partial charge in [0.1, 0.15) is 0 Å². The number of nitrogens with zero attached hydrogens (tertiary/aromatic N) is 2.